The summed E-state index contributed by atoms with van der Waals surface area (Å²) in [5.41, 5.74) is 6.02. The molecule has 0 radical (unpaired) electrons. The second-order valence-corrected chi connectivity index (χ2v) is 5.39. The van der Waals surface area contributed by atoms with Gasteiger partial charge >= 0.3 is 0 Å². The average molecular weight is 274 g/mol. The fourth-order valence-electron chi connectivity index (χ4n) is 2.66. The maximum absolute atomic E-state index is 6.02. The minimum atomic E-state index is 0.132. The zero-order valence-corrected chi connectivity index (χ0v) is 11.9. The van der Waals surface area contributed by atoms with Gasteiger partial charge in [0.25, 0.3) is 0 Å². The van der Waals surface area contributed by atoms with Crippen LogP contribution in [0.25, 0.3) is 0 Å². The first-order chi connectivity index (χ1) is 9.81. The third kappa shape index (κ3) is 2.81. The van der Waals surface area contributed by atoms with Crippen molar-refractivity contribution in [2.45, 2.75) is 44.8 Å². The largest absolute Gasteiger partial charge is 0.468 e. The molecule has 0 aromatic carbocycles. The third-order valence-electron chi connectivity index (χ3n) is 3.92. The van der Waals surface area contributed by atoms with Crippen LogP contribution in [0.4, 0.5) is 0 Å². The number of hydrogen-bond donors (Lipinski definition) is 1. The molecule has 2 heterocycles. The van der Waals surface area contributed by atoms with Crippen molar-refractivity contribution >= 4 is 0 Å². The monoisotopic (exact) mass is 274 g/mol. The van der Waals surface area contributed by atoms with Gasteiger partial charge in [0.05, 0.1) is 18.8 Å². The zero-order valence-electron chi connectivity index (χ0n) is 11.9. The average Bonchev–Trinajstić information content (AvgIpc) is 2.99. The molecule has 1 fully saturated rings. The van der Waals surface area contributed by atoms with E-state index in [4.69, 9.17) is 14.6 Å². The lowest BCUT2D eigenvalue weighted by Gasteiger charge is -2.28. The van der Waals surface area contributed by atoms with Crippen LogP contribution in [0, 0.1) is 0 Å². The van der Waals surface area contributed by atoms with Gasteiger partial charge in [-0.05, 0) is 37.1 Å². The van der Waals surface area contributed by atoms with Crippen molar-refractivity contribution in [3.63, 3.8) is 0 Å². The summed E-state index contributed by atoms with van der Waals surface area (Å²) in [7, 11) is 0. The number of furan rings is 2. The van der Waals surface area contributed by atoms with Crippen molar-refractivity contribution in [2.75, 3.05) is 6.54 Å². The van der Waals surface area contributed by atoms with Crippen molar-refractivity contribution in [3.05, 3.63) is 47.8 Å². The summed E-state index contributed by atoms with van der Waals surface area (Å²) in [4.78, 5) is 2.41. The van der Waals surface area contributed by atoms with Crippen molar-refractivity contribution in [1.29, 1.82) is 0 Å². The van der Waals surface area contributed by atoms with E-state index in [0.29, 0.717) is 12.6 Å². The molecule has 0 bridgehead atoms. The van der Waals surface area contributed by atoms with Gasteiger partial charge in [0.1, 0.15) is 17.3 Å². The molecule has 20 heavy (non-hydrogen) atoms. The van der Waals surface area contributed by atoms with E-state index in [1.807, 2.05) is 12.1 Å². The van der Waals surface area contributed by atoms with Crippen molar-refractivity contribution in [2.24, 2.45) is 5.73 Å². The summed E-state index contributed by atoms with van der Waals surface area (Å²) in [5, 5.41) is 0. The summed E-state index contributed by atoms with van der Waals surface area (Å²) in [5.74, 6) is 2.98. The Kier molecular flexibility index (Phi) is 3.94. The van der Waals surface area contributed by atoms with Gasteiger partial charge in [-0.3, -0.25) is 4.90 Å². The van der Waals surface area contributed by atoms with Gasteiger partial charge in [-0.1, -0.05) is 6.92 Å². The molecule has 2 aromatic heterocycles. The van der Waals surface area contributed by atoms with E-state index in [1.54, 1.807) is 6.26 Å². The molecule has 1 atom stereocenters. The molecule has 1 saturated carbocycles. The van der Waals surface area contributed by atoms with Crippen LogP contribution in [-0.2, 0) is 13.0 Å². The molecule has 0 saturated heterocycles. The highest BCUT2D eigenvalue weighted by molar-refractivity contribution is 5.13. The molecule has 4 heteroatoms. The topological polar surface area (TPSA) is 55.5 Å². The number of nitrogens with zero attached hydrogens (tertiary/aromatic N) is 1. The maximum atomic E-state index is 6.02. The lowest BCUT2D eigenvalue weighted by Crippen LogP contribution is -2.34. The van der Waals surface area contributed by atoms with Crippen LogP contribution in [-0.4, -0.2) is 17.5 Å². The summed E-state index contributed by atoms with van der Waals surface area (Å²) in [6.07, 6.45) is 5.11. The smallest absolute Gasteiger partial charge is 0.122 e. The molecule has 1 aliphatic rings. The molecule has 1 aliphatic carbocycles. The van der Waals surface area contributed by atoms with Crippen LogP contribution in [0.5, 0.6) is 0 Å². The Hall–Kier alpha value is -1.52. The first-order valence-electron chi connectivity index (χ1n) is 7.38. The van der Waals surface area contributed by atoms with Gasteiger partial charge in [-0.15, -0.1) is 0 Å². The van der Waals surface area contributed by atoms with E-state index in [-0.39, 0.29) is 6.04 Å². The van der Waals surface area contributed by atoms with Gasteiger partial charge in [-0.25, -0.2) is 0 Å². The first kappa shape index (κ1) is 13.5. The van der Waals surface area contributed by atoms with Gasteiger partial charge in [0, 0.05) is 19.0 Å². The van der Waals surface area contributed by atoms with Gasteiger partial charge < -0.3 is 14.6 Å². The maximum Gasteiger partial charge on any atom is 0.122 e. The highest BCUT2D eigenvalue weighted by atomic mass is 16.3. The fraction of sp³-hybridized carbons (Fsp3) is 0.500. The van der Waals surface area contributed by atoms with Gasteiger partial charge in [0.2, 0.25) is 0 Å². The summed E-state index contributed by atoms with van der Waals surface area (Å²) in [6, 6.07) is 8.79. The quantitative estimate of drug-likeness (QED) is 0.843. The van der Waals surface area contributed by atoms with E-state index in [1.165, 1.54) is 12.8 Å². The predicted molar refractivity (Wildman–Crippen MR) is 77.2 cm³/mol. The second-order valence-electron chi connectivity index (χ2n) is 5.39. The molecular formula is C16H22N2O2. The molecule has 108 valence electrons. The summed E-state index contributed by atoms with van der Waals surface area (Å²) >= 11 is 0. The highest BCUT2D eigenvalue weighted by Crippen LogP contribution is 2.36. The standard InChI is InChI=1S/C16H22N2O2/c1-2-13-7-8-16(20-13)15(10-17)18(12-5-6-12)11-14-4-3-9-19-14/h3-4,7-9,12,15H,2,5-6,10-11,17H2,1H3. The number of hydrogen-bond acceptors (Lipinski definition) is 4. The van der Waals surface area contributed by atoms with Gasteiger partial charge in [-0.2, -0.15) is 0 Å². The number of nitrogens with two attached hydrogens (primary N) is 1. The third-order valence-corrected chi connectivity index (χ3v) is 3.92. The van der Waals surface area contributed by atoms with Crippen LogP contribution in [0.1, 0.15) is 43.1 Å². The molecule has 3 rings (SSSR count). The summed E-state index contributed by atoms with van der Waals surface area (Å²) < 4.78 is 11.4. The van der Waals surface area contributed by atoms with Gasteiger partial charge in [0.15, 0.2) is 0 Å². The predicted octanol–water partition coefficient (Wildman–Crippen LogP) is 3.10. The van der Waals surface area contributed by atoms with E-state index in [0.717, 1.165) is 30.2 Å². The SMILES string of the molecule is CCc1ccc(C(CN)N(Cc2ccco2)C2CC2)o1. The van der Waals surface area contributed by atoms with Crippen LogP contribution >= 0.6 is 0 Å². The van der Waals surface area contributed by atoms with E-state index in [9.17, 15) is 0 Å². The Balaban J connectivity index is 1.80. The molecule has 4 nitrogen and oxygen atoms in total. The Morgan fingerprint density at radius 3 is 2.70 bits per heavy atom. The minimum Gasteiger partial charge on any atom is -0.468 e. The second kappa shape index (κ2) is 5.85. The lowest BCUT2D eigenvalue weighted by atomic mass is 10.1. The highest BCUT2D eigenvalue weighted by Gasteiger charge is 2.35. The molecule has 0 amide bonds. The van der Waals surface area contributed by atoms with E-state index in [2.05, 4.69) is 24.0 Å². The summed E-state index contributed by atoms with van der Waals surface area (Å²) in [6.45, 7) is 3.46. The van der Waals surface area contributed by atoms with Crippen LogP contribution < -0.4 is 5.73 Å². The Bertz CT molecular complexity index is 528. The van der Waals surface area contributed by atoms with Crippen LogP contribution in [0.3, 0.4) is 0 Å². The fourth-order valence-corrected chi connectivity index (χ4v) is 2.66. The number of aryl methyl sites for hydroxylation is 1. The zero-order chi connectivity index (χ0) is 13.9. The molecule has 1 unspecified atom stereocenters. The molecule has 2 aromatic rings. The molecule has 0 spiro atoms. The van der Waals surface area contributed by atoms with Crippen molar-refractivity contribution in [3.8, 4) is 0 Å². The molecular weight excluding hydrogens is 252 g/mol. The Labute approximate surface area is 119 Å². The first-order valence-corrected chi connectivity index (χ1v) is 7.38. The molecule has 0 aliphatic heterocycles. The Morgan fingerprint density at radius 2 is 2.15 bits per heavy atom. The van der Waals surface area contributed by atoms with E-state index < -0.39 is 0 Å². The van der Waals surface area contributed by atoms with E-state index >= 15 is 0 Å². The Morgan fingerprint density at radius 1 is 1.30 bits per heavy atom. The van der Waals surface area contributed by atoms with Crippen molar-refractivity contribution in [1.82, 2.24) is 4.90 Å². The normalized spacial score (nSPS) is 16.8. The minimum absolute atomic E-state index is 0.132. The van der Waals surface area contributed by atoms with Crippen LogP contribution in [0.15, 0.2) is 39.4 Å². The lowest BCUT2D eigenvalue weighted by molar-refractivity contribution is 0.148. The van der Waals surface area contributed by atoms with Crippen LogP contribution in [0.2, 0.25) is 0 Å². The van der Waals surface area contributed by atoms with Crippen molar-refractivity contribution < 1.29 is 8.83 Å². The molecule has 2 N–H and O–H groups in total. The number of rotatable bonds is 7.